The summed E-state index contributed by atoms with van der Waals surface area (Å²) in [6, 6.07) is 0. The predicted molar refractivity (Wildman–Crippen MR) is 287 cm³/mol. The summed E-state index contributed by atoms with van der Waals surface area (Å²) < 4.78 is 11.6. The number of carbonyl (C=O) groups is 2. The van der Waals surface area contributed by atoms with Crippen LogP contribution in [-0.4, -0.2) is 61.4 Å². The molecule has 0 saturated heterocycles. The lowest BCUT2D eigenvalue weighted by Gasteiger charge is -2.22. The Morgan fingerprint density at radius 3 is 0.955 bits per heavy atom. The number of aliphatic hydroxyl groups excluding tert-OH is 1. The van der Waals surface area contributed by atoms with Gasteiger partial charge in [-0.25, -0.2) is 0 Å². The van der Waals surface area contributed by atoms with E-state index in [0.29, 0.717) is 19.8 Å². The molecule has 0 radical (unpaired) electrons. The molecule has 0 aromatic rings. The molecule has 1 N–H and O–H groups in total. The molecule has 0 rings (SSSR count). The van der Waals surface area contributed by atoms with Crippen LogP contribution in [0.5, 0.6) is 0 Å². The molecule has 0 aliphatic rings. The summed E-state index contributed by atoms with van der Waals surface area (Å²) in [5.41, 5.74) is 0. The first-order chi connectivity index (χ1) is 32.4. The van der Waals surface area contributed by atoms with Crippen molar-refractivity contribution >= 4 is 11.9 Å². The van der Waals surface area contributed by atoms with E-state index in [2.05, 4.69) is 39.5 Å². The van der Waals surface area contributed by atoms with Gasteiger partial charge in [0.05, 0.1) is 25.0 Å². The van der Waals surface area contributed by atoms with Gasteiger partial charge < -0.3 is 19.5 Å². The van der Waals surface area contributed by atoms with Gasteiger partial charge in [-0.1, -0.05) is 259 Å². The molecule has 0 aliphatic heterocycles. The molecule has 0 bridgehead atoms. The third kappa shape index (κ3) is 45.3. The van der Waals surface area contributed by atoms with Crippen molar-refractivity contribution in [1.82, 2.24) is 4.90 Å². The lowest BCUT2D eigenvalue weighted by atomic mass is 9.94. The molecule has 6 nitrogen and oxygen atoms in total. The van der Waals surface area contributed by atoms with Crippen LogP contribution >= 0.6 is 0 Å². The van der Waals surface area contributed by atoms with Gasteiger partial charge in [0.1, 0.15) is 0 Å². The van der Waals surface area contributed by atoms with Gasteiger partial charge >= 0.3 is 11.9 Å². The van der Waals surface area contributed by atoms with E-state index in [1.807, 2.05) is 0 Å². The van der Waals surface area contributed by atoms with E-state index in [9.17, 15) is 14.7 Å². The second-order valence-corrected chi connectivity index (χ2v) is 21.2. The van der Waals surface area contributed by atoms with Crippen molar-refractivity contribution in [2.75, 3.05) is 39.5 Å². The minimum Gasteiger partial charge on any atom is -0.465 e. The van der Waals surface area contributed by atoms with Crippen LogP contribution in [0.25, 0.3) is 0 Å². The van der Waals surface area contributed by atoms with Gasteiger partial charge in [0.25, 0.3) is 0 Å². The van der Waals surface area contributed by atoms with E-state index in [0.717, 1.165) is 70.3 Å². The first kappa shape index (κ1) is 64.9. The van der Waals surface area contributed by atoms with Gasteiger partial charge in [-0.2, -0.15) is 0 Å². The van der Waals surface area contributed by atoms with Gasteiger partial charge in [0, 0.05) is 13.2 Å². The largest absolute Gasteiger partial charge is 0.465 e. The summed E-state index contributed by atoms with van der Waals surface area (Å²) in [7, 11) is 0. The number of carbonyl (C=O) groups excluding carboxylic acids is 2. The third-order valence-corrected chi connectivity index (χ3v) is 14.5. The molecule has 0 spiro atoms. The molecule has 0 heterocycles. The van der Waals surface area contributed by atoms with Crippen LogP contribution < -0.4 is 0 Å². The fraction of sp³-hybridized carbons (Fsp3) is 0.967. The van der Waals surface area contributed by atoms with Crippen LogP contribution in [0.3, 0.4) is 0 Å². The van der Waals surface area contributed by atoms with Gasteiger partial charge in [0.15, 0.2) is 0 Å². The van der Waals surface area contributed by atoms with E-state index in [1.165, 1.54) is 238 Å². The number of unbranched alkanes of at least 4 members (excludes halogenated alkanes) is 30. The Labute approximate surface area is 413 Å². The fourth-order valence-electron chi connectivity index (χ4n) is 9.90. The third-order valence-electron chi connectivity index (χ3n) is 14.5. The average Bonchev–Trinajstić information content (AvgIpc) is 3.32. The number of nitrogens with zero attached hydrogens (tertiary/aromatic N) is 1. The fourth-order valence-corrected chi connectivity index (χ4v) is 9.90. The molecule has 394 valence electrons. The topological polar surface area (TPSA) is 76.1 Å². The zero-order chi connectivity index (χ0) is 48.2. The number of hydrogen-bond donors (Lipinski definition) is 1. The Morgan fingerprint density at radius 1 is 0.348 bits per heavy atom. The van der Waals surface area contributed by atoms with E-state index >= 15 is 0 Å². The molecule has 3 atom stereocenters. The SMILES string of the molecule is CCCCCCCCC(CCCCCC)C(=O)OCCCCCCCCCCCCN(CCCO)CCCCCCC(C)CCCCCOC(=O)C(CCCCCC)CCCCCCCC. The quantitative estimate of drug-likeness (QED) is 0.0484. The predicted octanol–water partition coefficient (Wildman–Crippen LogP) is 18.5. The van der Waals surface area contributed by atoms with Gasteiger partial charge in [-0.3, -0.25) is 9.59 Å². The minimum atomic E-state index is 0.0809. The van der Waals surface area contributed by atoms with Crippen LogP contribution in [0.15, 0.2) is 0 Å². The normalized spacial score (nSPS) is 13.1. The summed E-state index contributed by atoms with van der Waals surface area (Å²) in [5, 5.41) is 9.49. The van der Waals surface area contributed by atoms with Crippen molar-refractivity contribution in [3.05, 3.63) is 0 Å². The number of rotatable bonds is 55. The Kier molecular flexibility index (Phi) is 52.3. The summed E-state index contributed by atoms with van der Waals surface area (Å²) in [5.74, 6) is 1.18. The zero-order valence-corrected chi connectivity index (χ0v) is 45.6. The lowest BCUT2D eigenvalue weighted by molar-refractivity contribution is -0.150. The molecule has 0 aromatic heterocycles. The molecule has 0 fully saturated rings. The Morgan fingerprint density at radius 2 is 0.606 bits per heavy atom. The van der Waals surface area contributed by atoms with Crippen molar-refractivity contribution in [3.8, 4) is 0 Å². The molecular weight excluding hydrogens is 815 g/mol. The van der Waals surface area contributed by atoms with Crippen molar-refractivity contribution < 1.29 is 24.2 Å². The highest BCUT2D eigenvalue weighted by Crippen LogP contribution is 2.23. The van der Waals surface area contributed by atoms with Crippen LogP contribution in [0.4, 0.5) is 0 Å². The number of ether oxygens (including phenoxy) is 2. The van der Waals surface area contributed by atoms with Crippen LogP contribution in [0, 0.1) is 17.8 Å². The Balaban J connectivity index is 3.98. The first-order valence-corrected chi connectivity index (χ1v) is 30.1. The number of aliphatic hydroxyl groups is 1. The van der Waals surface area contributed by atoms with Gasteiger partial charge in [0.2, 0.25) is 0 Å². The van der Waals surface area contributed by atoms with Crippen molar-refractivity contribution in [2.45, 2.75) is 317 Å². The highest BCUT2D eigenvalue weighted by molar-refractivity contribution is 5.72. The maximum atomic E-state index is 13.0. The second-order valence-electron chi connectivity index (χ2n) is 21.2. The molecular formula is C60H119NO5. The van der Waals surface area contributed by atoms with E-state index in [-0.39, 0.29) is 23.8 Å². The van der Waals surface area contributed by atoms with Crippen LogP contribution in [-0.2, 0) is 19.1 Å². The molecule has 66 heavy (non-hydrogen) atoms. The summed E-state index contributed by atoms with van der Waals surface area (Å²) >= 11 is 0. The molecule has 0 aromatic carbocycles. The zero-order valence-electron chi connectivity index (χ0n) is 45.6. The van der Waals surface area contributed by atoms with E-state index < -0.39 is 0 Å². The molecule has 0 aliphatic carbocycles. The van der Waals surface area contributed by atoms with E-state index in [1.54, 1.807) is 0 Å². The summed E-state index contributed by atoms with van der Waals surface area (Å²) in [6.45, 7) is 16.4. The first-order valence-electron chi connectivity index (χ1n) is 30.1. The summed E-state index contributed by atoms with van der Waals surface area (Å²) in [6.07, 6.45) is 54.2. The minimum absolute atomic E-state index is 0.0809. The maximum Gasteiger partial charge on any atom is 0.308 e. The van der Waals surface area contributed by atoms with Crippen molar-refractivity contribution in [2.24, 2.45) is 17.8 Å². The number of esters is 2. The highest BCUT2D eigenvalue weighted by atomic mass is 16.5. The lowest BCUT2D eigenvalue weighted by Crippen LogP contribution is -2.27. The van der Waals surface area contributed by atoms with Crippen LogP contribution in [0.2, 0.25) is 0 Å². The summed E-state index contributed by atoms with van der Waals surface area (Å²) in [4.78, 5) is 28.5. The van der Waals surface area contributed by atoms with Crippen molar-refractivity contribution in [3.63, 3.8) is 0 Å². The van der Waals surface area contributed by atoms with Gasteiger partial charge in [-0.15, -0.1) is 0 Å². The monoisotopic (exact) mass is 934 g/mol. The molecule has 3 unspecified atom stereocenters. The van der Waals surface area contributed by atoms with E-state index in [4.69, 9.17) is 9.47 Å². The van der Waals surface area contributed by atoms with Crippen LogP contribution in [0.1, 0.15) is 317 Å². The molecule has 6 heteroatoms. The van der Waals surface area contributed by atoms with Crippen molar-refractivity contribution in [1.29, 1.82) is 0 Å². The Hall–Kier alpha value is -1.14. The average molecular weight is 935 g/mol. The Bertz CT molecular complexity index is 975. The van der Waals surface area contributed by atoms with Gasteiger partial charge in [-0.05, 0) is 76.8 Å². The molecule has 0 amide bonds. The maximum absolute atomic E-state index is 13.0. The standard InChI is InChI=1S/C60H119NO5/c1-6-10-14-18-26-37-48-57(46-35-16-12-8-3)59(63)65-54-41-31-25-23-21-20-22-24-29-39-50-61(52-43-53-62)51-40-30-28-33-44-56(5)45-34-32-42-55-66-60(64)58(47-36-17-13-9-4)49-38-27-19-15-11-7-2/h56-58,62H,6-55H2,1-5H3. The highest BCUT2D eigenvalue weighted by Gasteiger charge is 2.20. The molecule has 0 saturated carbocycles. The smallest absolute Gasteiger partial charge is 0.308 e. The second kappa shape index (κ2) is 53.2. The number of hydrogen-bond acceptors (Lipinski definition) is 6.